The number of carbonyl (C=O) groups is 1. The molecule has 4 aromatic rings. The number of carbonyl (C=O) groups excluding carboxylic acids is 1. The molecule has 9 heteroatoms. The SMILES string of the molecule is O=C(CCCCCn1c(=O)c2sccc2n(Cc2ccc(Cl)cc2)c1=O)NCc1ccccc1Cl. The van der Waals surface area contributed by atoms with E-state index in [1.807, 2.05) is 41.8 Å². The molecule has 2 heterocycles. The molecule has 0 fully saturated rings. The molecule has 0 bridgehead atoms. The van der Waals surface area contributed by atoms with Crippen LogP contribution in [0.5, 0.6) is 0 Å². The standard InChI is InChI=1S/C26H25Cl2N3O3S/c27-20-11-9-18(10-12-20)17-31-22-13-15-35-24(22)25(33)30(26(31)34)14-5-1-2-8-23(32)29-16-19-6-3-4-7-21(19)28/h3-4,6-7,9-13,15H,1-2,5,8,14,16-17H2,(H,29,32). The number of rotatable bonds is 10. The Kier molecular flexibility index (Phi) is 8.44. The van der Waals surface area contributed by atoms with Crippen LogP contribution in [0.25, 0.3) is 10.2 Å². The number of benzene rings is 2. The minimum absolute atomic E-state index is 0.0487. The topological polar surface area (TPSA) is 73.1 Å². The molecular weight excluding hydrogens is 505 g/mol. The number of amides is 1. The molecule has 0 unspecified atom stereocenters. The fourth-order valence-corrected chi connectivity index (χ4v) is 5.08. The summed E-state index contributed by atoms with van der Waals surface area (Å²) in [6.45, 7) is 1.06. The number of halogens is 2. The lowest BCUT2D eigenvalue weighted by Gasteiger charge is -2.12. The second-order valence-electron chi connectivity index (χ2n) is 8.27. The van der Waals surface area contributed by atoms with Crippen LogP contribution in [0, 0.1) is 0 Å². The van der Waals surface area contributed by atoms with Crippen LogP contribution in [0.4, 0.5) is 0 Å². The van der Waals surface area contributed by atoms with Crippen molar-refractivity contribution >= 4 is 50.7 Å². The Hall–Kier alpha value is -2.87. The summed E-state index contributed by atoms with van der Waals surface area (Å²) >= 11 is 13.4. The van der Waals surface area contributed by atoms with Gasteiger partial charge in [0, 0.05) is 29.6 Å². The van der Waals surface area contributed by atoms with E-state index < -0.39 is 0 Å². The molecule has 0 aliphatic carbocycles. The summed E-state index contributed by atoms with van der Waals surface area (Å²) in [4.78, 5) is 38.3. The maximum absolute atomic E-state index is 13.2. The third kappa shape index (κ3) is 6.23. The van der Waals surface area contributed by atoms with E-state index in [9.17, 15) is 14.4 Å². The first-order valence-electron chi connectivity index (χ1n) is 11.4. The van der Waals surface area contributed by atoms with Crippen LogP contribution in [0.1, 0.15) is 36.8 Å². The third-order valence-corrected chi connectivity index (χ3v) is 7.32. The van der Waals surface area contributed by atoms with Gasteiger partial charge in [0.25, 0.3) is 5.56 Å². The molecule has 35 heavy (non-hydrogen) atoms. The van der Waals surface area contributed by atoms with Gasteiger partial charge in [-0.15, -0.1) is 11.3 Å². The van der Waals surface area contributed by atoms with Gasteiger partial charge in [0.1, 0.15) is 4.70 Å². The molecule has 0 radical (unpaired) electrons. The number of thiophene rings is 1. The molecule has 0 aliphatic rings. The van der Waals surface area contributed by atoms with Gasteiger partial charge >= 0.3 is 5.69 Å². The van der Waals surface area contributed by atoms with Crippen LogP contribution < -0.4 is 16.6 Å². The molecular formula is C26H25Cl2N3O3S. The van der Waals surface area contributed by atoms with Crippen molar-refractivity contribution < 1.29 is 4.79 Å². The lowest BCUT2D eigenvalue weighted by atomic mass is 10.1. The number of hydrogen-bond donors (Lipinski definition) is 1. The van der Waals surface area contributed by atoms with Crippen molar-refractivity contribution in [3.8, 4) is 0 Å². The second kappa shape index (κ2) is 11.7. The maximum atomic E-state index is 13.2. The van der Waals surface area contributed by atoms with Gasteiger partial charge in [-0.2, -0.15) is 0 Å². The third-order valence-electron chi connectivity index (χ3n) is 5.81. The zero-order valence-corrected chi connectivity index (χ0v) is 21.3. The molecule has 0 saturated heterocycles. The van der Waals surface area contributed by atoms with Crippen molar-refractivity contribution in [1.29, 1.82) is 0 Å². The molecule has 0 saturated carbocycles. The van der Waals surface area contributed by atoms with Crippen molar-refractivity contribution in [2.45, 2.75) is 45.3 Å². The van der Waals surface area contributed by atoms with Gasteiger partial charge in [-0.3, -0.25) is 18.7 Å². The van der Waals surface area contributed by atoms with Gasteiger partial charge in [0.15, 0.2) is 0 Å². The zero-order chi connectivity index (χ0) is 24.8. The normalized spacial score (nSPS) is 11.1. The van der Waals surface area contributed by atoms with Crippen LogP contribution in [-0.4, -0.2) is 15.0 Å². The molecule has 6 nitrogen and oxygen atoms in total. The zero-order valence-electron chi connectivity index (χ0n) is 19.0. The van der Waals surface area contributed by atoms with Crippen molar-refractivity contribution in [2.75, 3.05) is 0 Å². The lowest BCUT2D eigenvalue weighted by Crippen LogP contribution is -2.39. The maximum Gasteiger partial charge on any atom is 0.331 e. The van der Waals surface area contributed by atoms with Crippen LogP contribution in [0.2, 0.25) is 10.0 Å². The number of unbranched alkanes of at least 4 members (excludes halogenated alkanes) is 2. The van der Waals surface area contributed by atoms with Gasteiger partial charge in [-0.25, -0.2) is 4.79 Å². The predicted octanol–water partition coefficient (Wildman–Crippen LogP) is 5.46. The summed E-state index contributed by atoms with van der Waals surface area (Å²) in [5.74, 6) is -0.0487. The molecule has 0 spiro atoms. The lowest BCUT2D eigenvalue weighted by molar-refractivity contribution is -0.121. The van der Waals surface area contributed by atoms with E-state index in [1.54, 1.807) is 22.8 Å². The van der Waals surface area contributed by atoms with Gasteiger partial charge in [-0.05, 0) is 53.6 Å². The van der Waals surface area contributed by atoms with E-state index in [-0.39, 0.29) is 17.2 Å². The monoisotopic (exact) mass is 529 g/mol. The minimum Gasteiger partial charge on any atom is -0.352 e. The van der Waals surface area contributed by atoms with E-state index in [2.05, 4.69) is 5.32 Å². The predicted molar refractivity (Wildman–Crippen MR) is 143 cm³/mol. The van der Waals surface area contributed by atoms with Crippen molar-refractivity contribution in [3.63, 3.8) is 0 Å². The number of nitrogens with zero attached hydrogens (tertiary/aromatic N) is 2. The van der Waals surface area contributed by atoms with Gasteiger partial charge in [-0.1, -0.05) is 60.0 Å². The van der Waals surface area contributed by atoms with Crippen LogP contribution in [0.3, 0.4) is 0 Å². The first-order valence-corrected chi connectivity index (χ1v) is 13.0. The Labute approximate surface area is 216 Å². The fraction of sp³-hybridized carbons (Fsp3) is 0.269. The van der Waals surface area contributed by atoms with E-state index >= 15 is 0 Å². The quantitative estimate of drug-likeness (QED) is 0.277. The van der Waals surface area contributed by atoms with Crippen LogP contribution in [0.15, 0.2) is 69.6 Å². The first kappa shape index (κ1) is 25.2. The van der Waals surface area contributed by atoms with Gasteiger partial charge in [0.2, 0.25) is 5.91 Å². The molecule has 0 aliphatic heterocycles. The fourth-order valence-electron chi connectivity index (χ4n) is 3.91. The number of hydrogen-bond acceptors (Lipinski definition) is 4. The molecule has 2 aromatic heterocycles. The van der Waals surface area contributed by atoms with E-state index in [0.717, 1.165) is 17.5 Å². The molecule has 1 amide bonds. The molecule has 2 aromatic carbocycles. The Bertz CT molecular complexity index is 1440. The number of fused-ring (bicyclic) bond motifs is 1. The average Bonchev–Trinajstić information content (AvgIpc) is 3.34. The average molecular weight is 530 g/mol. The highest BCUT2D eigenvalue weighted by atomic mass is 35.5. The molecule has 0 atom stereocenters. The summed E-state index contributed by atoms with van der Waals surface area (Å²) in [5.41, 5.74) is 1.86. The van der Waals surface area contributed by atoms with Crippen LogP contribution in [-0.2, 0) is 24.4 Å². The summed E-state index contributed by atoms with van der Waals surface area (Å²) in [5, 5.41) is 5.96. The van der Waals surface area contributed by atoms with Crippen LogP contribution >= 0.6 is 34.5 Å². The number of nitrogens with one attached hydrogen (secondary N) is 1. The highest BCUT2D eigenvalue weighted by molar-refractivity contribution is 7.17. The Morgan fingerprint density at radius 2 is 1.69 bits per heavy atom. The van der Waals surface area contributed by atoms with E-state index in [0.29, 0.717) is 59.2 Å². The van der Waals surface area contributed by atoms with Gasteiger partial charge in [0.05, 0.1) is 12.1 Å². The smallest absolute Gasteiger partial charge is 0.331 e. The van der Waals surface area contributed by atoms with Crippen molar-refractivity contribution in [3.05, 3.63) is 102 Å². The molecule has 182 valence electrons. The second-order valence-corrected chi connectivity index (χ2v) is 10.0. The molecule has 1 N–H and O–H groups in total. The first-order chi connectivity index (χ1) is 16.9. The highest BCUT2D eigenvalue weighted by Crippen LogP contribution is 2.18. The largest absolute Gasteiger partial charge is 0.352 e. The highest BCUT2D eigenvalue weighted by Gasteiger charge is 2.14. The van der Waals surface area contributed by atoms with Crippen molar-refractivity contribution in [1.82, 2.24) is 14.5 Å². The Morgan fingerprint density at radius 3 is 2.46 bits per heavy atom. The summed E-state index contributed by atoms with van der Waals surface area (Å²) in [6, 6.07) is 16.5. The van der Waals surface area contributed by atoms with E-state index in [4.69, 9.17) is 23.2 Å². The summed E-state index contributed by atoms with van der Waals surface area (Å²) in [7, 11) is 0. The number of aromatic nitrogens is 2. The van der Waals surface area contributed by atoms with E-state index in [1.165, 1.54) is 15.9 Å². The minimum atomic E-state index is -0.326. The Morgan fingerprint density at radius 1 is 0.914 bits per heavy atom. The Balaban J connectivity index is 1.35. The van der Waals surface area contributed by atoms with Gasteiger partial charge < -0.3 is 5.32 Å². The molecule has 4 rings (SSSR count). The summed E-state index contributed by atoms with van der Waals surface area (Å²) in [6.07, 6.45) is 2.41. The summed E-state index contributed by atoms with van der Waals surface area (Å²) < 4.78 is 3.52. The van der Waals surface area contributed by atoms with Crippen molar-refractivity contribution in [2.24, 2.45) is 0 Å².